The first-order valence-corrected chi connectivity index (χ1v) is 6.13. The molecule has 1 N–H and O–H groups in total. The topological polar surface area (TPSA) is 80.2 Å². The van der Waals surface area contributed by atoms with Crippen LogP contribution in [0.25, 0.3) is 0 Å². The van der Waals surface area contributed by atoms with Gasteiger partial charge in [0.25, 0.3) is 0 Å². The smallest absolute Gasteiger partial charge is 0.355 e. The molecule has 0 saturated heterocycles. The van der Waals surface area contributed by atoms with Gasteiger partial charge in [0.1, 0.15) is 5.82 Å². The summed E-state index contributed by atoms with van der Waals surface area (Å²) in [4.78, 5) is 30.5. The van der Waals surface area contributed by atoms with Crippen LogP contribution in [0.5, 0.6) is 0 Å². The molecule has 0 amide bonds. The van der Waals surface area contributed by atoms with Crippen LogP contribution in [-0.2, 0) is 6.42 Å². The van der Waals surface area contributed by atoms with Gasteiger partial charge in [-0.25, -0.2) is 14.8 Å². The Balaban J connectivity index is 2.34. The van der Waals surface area contributed by atoms with E-state index in [1.54, 1.807) is 0 Å². The number of nitrogens with zero attached hydrogens (tertiary/aromatic N) is 2. The standard InChI is InChI=1S/C15H14N2O3/c1-9-3-5-11(6-4-9)7-13-16-8-12(10(2)18)14(17-13)15(19)20/h3-6,8H,7H2,1-2H3,(H,19,20). The fourth-order valence-corrected chi connectivity index (χ4v) is 1.81. The van der Waals surface area contributed by atoms with Crippen molar-refractivity contribution in [2.24, 2.45) is 0 Å². The second kappa shape index (κ2) is 5.61. The van der Waals surface area contributed by atoms with Crippen molar-refractivity contribution in [3.05, 3.63) is 58.7 Å². The van der Waals surface area contributed by atoms with Gasteiger partial charge in [0.15, 0.2) is 11.5 Å². The zero-order valence-electron chi connectivity index (χ0n) is 11.3. The van der Waals surface area contributed by atoms with E-state index >= 15 is 0 Å². The minimum atomic E-state index is -1.22. The molecule has 1 aromatic heterocycles. The predicted molar refractivity (Wildman–Crippen MR) is 73.0 cm³/mol. The Morgan fingerprint density at radius 1 is 1.20 bits per heavy atom. The normalized spacial score (nSPS) is 10.3. The molecule has 0 aliphatic heterocycles. The van der Waals surface area contributed by atoms with E-state index in [9.17, 15) is 9.59 Å². The van der Waals surface area contributed by atoms with E-state index < -0.39 is 5.97 Å². The largest absolute Gasteiger partial charge is 0.476 e. The third kappa shape index (κ3) is 3.06. The van der Waals surface area contributed by atoms with Gasteiger partial charge in [0.05, 0.1) is 5.56 Å². The van der Waals surface area contributed by atoms with E-state index in [0.717, 1.165) is 11.1 Å². The molecule has 1 heterocycles. The summed E-state index contributed by atoms with van der Waals surface area (Å²) in [5, 5.41) is 9.10. The van der Waals surface area contributed by atoms with Crippen LogP contribution in [0.1, 0.15) is 44.7 Å². The van der Waals surface area contributed by atoms with Crippen LogP contribution in [0.4, 0.5) is 0 Å². The van der Waals surface area contributed by atoms with Crippen LogP contribution in [0.2, 0.25) is 0 Å². The first-order valence-electron chi connectivity index (χ1n) is 6.13. The number of benzene rings is 1. The lowest BCUT2D eigenvalue weighted by Crippen LogP contribution is -2.12. The summed E-state index contributed by atoms with van der Waals surface area (Å²) in [6, 6.07) is 7.82. The van der Waals surface area contributed by atoms with Crippen molar-refractivity contribution in [3.8, 4) is 0 Å². The molecule has 0 spiro atoms. The number of Topliss-reactive ketones (excluding diaryl/α,β-unsaturated/α-hetero) is 1. The van der Waals surface area contributed by atoms with Crippen LogP contribution < -0.4 is 0 Å². The third-order valence-corrected chi connectivity index (χ3v) is 2.90. The maximum absolute atomic E-state index is 11.3. The van der Waals surface area contributed by atoms with Crippen molar-refractivity contribution in [3.63, 3.8) is 0 Å². The van der Waals surface area contributed by atoms with Gasteiger partial charge in [-0.2, -0.15) is 0 Å². The summed E-state index contributed by atoms with van der Waals surface area (Å²) >= 11 is 0. The maximum Gasteiger partial charge on any atom is 0.355 e. The summed E-state index contributed by atoms with van der Waals surface area (Å²) in [5.74, 6) is -1.19. The lowest BCUT2D eigenvalue weighted by atomic mass is 10.1. The van der Waals surface area contributed by atoms with Crippen molar-refractivity contribution < 1.29 is 14.7 Å². The van der Waals surface area contributed by atoms with Crippen molar-refractivity contribution >= 4 is 11.8 Å². The van der Waals surface area contributed by atoms with Crippen LogP contribution in [-0.4, -0.2) is 26.8 Å². The van der Waals surface area contributed by atoms with E-state index in [0.29, 0.717) is 12.2 Å². The summed E-state index contributed by atoms with van der Waals surface area (Å²) in [6.07, 6.45) is 1.71. The van der Waals surface area contributed by atoms with Crippen molar-refractivity contribution in [1.82, 2.24) is 9.97 Å². The molecule has 0 bridgehead atoms. The Morgan fingerprint density at radius 3 is 2.40 bits per heavy atom. The van der Waals surface area contributed by atoms with E-state index in [1.165, 1.54) is 13.1 Å². The van der Waals surface area contributed by atoms with Crippen molar-refractivity contribution in [2.45, 2.75) is 20.3 Å². The quantitative estimate of drug-likeness (QED) is 0.862. The SMILES string of the molecule is CC(=O)c1cnc(Cc2ccc(C)cc2)nc1C(=O)O. The number of carboxylic acid groups (broad SMARTS) is 1. The molecule has 2 rings (SSSR count). The Hall–Kier alpha value is -2.56. The minimum absolute atomic E-state index is 0.0326. The number of aromatic nitrogens is 2. The third-order valence-electron chi connectivity index (χ3n) is 2.90. The first kappa shape index (κ1) is 13.9. The molecule has 0 unspecified atom stereocenters. The van der Waals surface area contributed by atoms with Gasteiger partial charge in [-0.05, 0) is 19.4 Å². The van der Waals surface area contributed by atoms with Gasteiger partial charge < -0.3 is 5.11 Å². The highest BCUT2D eigenvalue weighted by Gasteiger charge is 2.17. The first-order chi connectivity index (χ1) is 9.47. The molecular formula is C15H14N2O3. The monoisotopic (exact) mass is 270 g/mol. The molecule has 2 aromatic rings. The summed E-state index contributed by atoms with van der Waals surface area (Å²) in [6.45, 7) is 3.29. The summed E-state index contributed by atoms with van der Waals surface area (Å²) in [5.41, 5.74) is 1.93. The highest BCUT2D eigenvalue weighted by Crippen LogP contribution is 2.11. The lowest BCUT2D eigenvalue weighted by Gasteiger charge is -2.05. The number of hydrogen-bond acceptors (Lipinski definition) is 4. The molecule has 0 radical (unpaired) electrons. The number of aromatic carboxylic acids is 1. The average Bonchev–Trinajstić information content (AvgIpc) is 2.41. The number of rotatable bonds is 4. The Bertz CT molecular complexity index is 663. The molecule has 5 nitrogen and oxygen atoms in total. The number of aryl methyl sites for hydroxylation is 1. The molecule has 1 aromatic carbocycles. The summed E-state index contributed by atoms with van der Waals surface area (Å²) in [7, 11) is 0. The van der Waals surface area contributed by atoms with Gasteiger partial charge in [-0.3, -0.25) is 4.79 Å². The second-order valence-corrected chi connectivity index (χ2v) is 4.57. The molecule has 20 heavy (non-hydrogen) atoms. The average molecular weight is 270 g/mol. The van der Waals surface area contributed by atoms with Gasteiger partial charge in [-0.1, -0.05) is 29.8 Å². The highest BCUT2D eigenvalue weighted by atomic mass is 16.4. The zero-order chi connectivity index (χ0) is 14.7. The van der Waals surface area contributed by atoms with Gasteiger partial charge >= 0.3 is 5.97 Å². The molecule has 0 aliphatic carbocycles. The molecular weight excluding hydrogens is 256 g/mol. The van der Waals surface area contributed by atoms with Crippen LogP contribution in [0, 0.1) is 6.92 Å². The fraction of sp³-hybridized carbons (Fsp3) is 0.200. The highest BCUT2D eigenvalue weighted by molar-refractivity contribution is 6.03. The lowest BCUT2D eigenvalue weighted by molar-refractivity contribution is 0.0685. The van der Waals surface area contributed by atoms with Gasteiger partial charge in [0.2, 0.25) is 0 Å². The Labute approximate surface area is 116 Å². The van der Waals surface area contributed by atoms with Crippen LogP contribution in [0.15, 0.2) is 30.5 Å². The minimum Gasteiger partial charge on any atom is -0.476 e. The fourth-order valence-electron chi connectivity index (χ4n) is 1.81. The van der Waals surface area contributed by atoms with E-state index in [-0.39, 0.29) is 17.0 Å². The zero-order valence-corrected chi connectivity index (χ0v) is 11.3. The van der Waals surface area contributed by atoms with Gasteiger partial charge in [-0.15, -0.1) is 0 Å². The molecule has 102 valence electrons. The number of carbonyl (C=O) groups is 2. The molecule has 0 fully saturated rings. The Kier molecular flexibility index (Phi) is 3.89. The number of hydrogen-bond donors (Lipinski definition) is 1. The van der Waals surface area contributed by atoms with E-state index in [2.05, 4.69) is 9.97 Å². The number of carbonyl (C=O) groups excluding carboxylic acids is 1. The van der Waals surface area contributed by atoms with Gasteiger partial charge in [0, 0.05) is 12.6 Å². The number of carboxylic acids is 1. The maximum atomic E-state index is 11.3. The molecule has 0 aliphatic rings. The van der Waals surface area contributed by atoms with E-state index in [4.69, 9.17) is 5.11 Å². The molecule has 0 saturated carbocycles. The number of ketones is 1. The molecule has 5 heteroatoms. The van der Waals surface area contributed by atoms with Crippen LogP contribution in [0.3, 0.4) is 0 Å². The predicted octanol–water partition coefficient (Wildman–Crippen LogP) is 2.28. The Morgan fingerprint density at radius 2 is 1.85 bits per heavy atom. The van der Waals surface area contributed by atoms with Crippen molar-refractivity contribution in [2.75, 3.05) is 0 Å². The second-order valence-electron chi connectivity index (χ2n) is 4.57. The van der Waals surface area contributed by atoms with E-state index in [1.807, 2.05) is 31.2 Å². The van der Waals surface area contributed by atoms with Crippen molar-refractivity contribution in [1.29, 1.82) is 0 Å². The summed E-state index contributed by atoms with van der Waals surface area (Å²) < 4.78 is 0. The molecule has 0 atom stereocenters. The van der Waals surface area contributed by atoms with Crippen LogP contribution >= 0.6 is 0 Å².